The van der Waals surface area contributed by atoms with Crippen LogP contribution in [-0.4, -0.2) is 69.9 Å². The molecule has 0 radical (unpaired) electrons. The molecule has 0 spiro atoms. The normalized spacial score (nSPS) is 32.8. The van der Waals surface area contributed by atoms with Gasteiger partial charge in [-0.1, -0.05) is 6.07 Å². The van der Waals surface area contributed by atoms with Gasteiger partial charge in [0, 0.05) is 80.0 Å². The lowest BCUT2D eigenvalue weighted by atomic mass is 9.78. The summed E-state index contributed by atoms with van der Waals surface area (Å²) in [6.07, 6.45) is 2.73. The van der Waals surface area contributed by atoms with Crippen LogP contribution in [0.25, 0.3) is 0 Å². The van der Waals surface area contributed by atoms with Crippen molar-refractivity contribution in [2.24, 2.45) is 17.8 Å². The van der Waals surface area contributed by atoms with Crippen molar-refractivity contribution in [1.29, 1.82) is 0 Å². The summed E-state index contributed by atoms with van der Waals surface area (Å²) in [5.74, 6) is 1.42. The molecule has 8 heteroatoms. The molecule has 3 saturated heterocycles. The van der Waals surface area contributed by atoms with E-state index in [1.807, 2.05) is 27.7 Å². The maximum Gasteiger partial charge on any atom is 0.251 e. The number of pyridine rings is 1. The molecule has 0 unspecified atom stereocenters. The second-order valence-corrected chi connectivity index (χ2v) is 9.37. The number of hydrogen-bond donors (Lipinski definition) is 1. The minimum atomic E-state index is -0.408. The molecule has 4 aliphatic heterocycles. The topological polar surface area (TPSA) is 83.5 Å². The highest BCUT2D eigenvalue weighted by Crippen LogP contribution is 2.43. The van der Waals surface area contributed by atoms with Crippen LogP contribution in [0.3, 0.4) is 0 Å². The van der Waals surface area contributed by atoms with Crippen LogP contribution >= 0.6 is 0 Å². The lowest BCUT2D eigenvalue weighted by Crippen LogP contribution is -2.53. The summed E-state index contributed by atoms with van der Waals surface area (Å²) >= 11 is 0. The highest BCUT2D eigenvalue weighted by Gasteiger charge is 2.47. The Morgan fingerprint density at radius 3 is 2.70 bits per heavy atom. The van der Waals surface area contributed by atoms with Gasteiger partial charge < -0.3 is 9.64 Å². The summed E-state index contributed by atoms with van der Waals surface area (Å²) in [5.41, 5.74) is 2.04. The van der Waals surface area contributed by atoms with Gasteiger partial charge in [-0.25, -0.2) is 0 Å². The first kappa shape index (κ1) is 18.3. The number of hydrogen-bond acceptors (Lipinski definition) is 5. The number of aromatic amines is 1. The Morgan fingerprint density at radius 1 is 1.10 bits per heavy atom. The van der Waals surface area contributed by atoms with Crippen LogP contribution < -0.4 is 5.56 Å². The van der Waals surface area contributed by atoms with E-state index in [0.717, 1.165) is 63.7 Å². The molecule has 8 nitrogen and oxygen atoms in total. The maximum absolute atomic E-state index is 13.8. The molecule has 5 atom stereocenters. The summed E-state index contributed by atoms with van der Waals surface area (Å²) < 4.78 is 7.40. The Morgan fingerprint density at radius 2 is 1.93 bits per heavy atom. The minimum Gasteiger partial charge on any atom is -0.381 e. The third-order valence-electron chi connectivity index (χ3n) is 7.48. The number of ether oxygens (including phenoxy) is 1. The third kappa shape index (κ3) is 2.93. The maximum atomic E-state index is 13.8. The average molecular weight is 409 g/mol. The van der Waals surface area contributed by atoms with Crippen molar-refractivity contribution < 1.29 is 9.53 Å². The van der Waals surface area contributed by atoms with E-state index in [4.69, 9.17) is 4.74 Å². The van der Waals surface area contributed by atoms with E-state index in [1.165, 1.54) is 0 Å². The molecule has 30 heavy (non-hydrogen) atoms. The number of carbonyl (C=O) groups excluding carboxylic acids is 1. The van der Waals surface area contributed by atoms with Crippen LogP contribution in [0.2, 0.25) is 0 Å². The molecule has 0 aromatic carbocycles. The molecule has 0 aliphatic carbocycles. The number of amides is 1. The minimum absolute atomic E-state index is 0.0507. The van der Waals surface area contributed by atoms with E-state index in [9.17, 15) is 9.59 Å². The summed E-state index contributed by atoms with van der Waals surface area (Å²) in [7, 11) is 0. The second-order valence-electron chi connectivity index (χ2n) is 9.37. The third-order valence-corrected chi connectivity index (χ3v) is 7.48. The van der Waals surface area contributed by atoms with Gasteiger partial charge in [-0.3, -0.25) is 24.2 Å². The highest BCUT2D eigenvalue weighted by atomic mass is 16.5. The highest BCUT2D eigenvalue weighted by molar-refractivity contribution is 5.81. The van der Waals surface area contributed by atoms with E-state index in [0.29, 0.717) is 11.8 Å². The van der Waals surface area contributed by atoms with Gasteiger partial charge in [-0.2, -0.15) is 5.10 Å². The van der Waals surface area contributed by atoms with Crippen LogP contribution in [-0.2, 0) is 16.1 Å². The Labute approximate surface area is 174 Å². The quantitative estimate of drug-likeness (QED) is 0.812. The van der Waals surface area contributed by atoms with Crippen LogP contribution in [0, 0.1) is 17.8 Å². The summed E-state index contributed by atoms with van der Waals surface area (Å²) in [5, 5.41) is 7.11. The van der Waals surface area contributed by atoms with Crippen molar-refractivity contribution in [3.63, 3.8) is 0 Å². The zero-order valence-corrected chi connectivity index (χ0v) is 16.9. The molecule has 1 N–H and O–H groups in total. The molecule has 6 rings (SSSR count). The van der Waals surface area contributed by atoms with Crippen molar-refractivity contribution >= 4 is 5.91 Å². The fourth-order valence-electron chi connectivity index (χ4n) is 6.14. The first-order valence-corrected chi connectivity index (χ1v) is 11.0. The largest absolute Gasteiger partial charge is 0.381 e. The van der Waals surface area contributed by atoms with Crippen molar-refractivity contribution in [3.05, 3.63) is 52.2 Å². The molecule has 0 saturated carbocycles. The second kappa shape index (κ2) is 7.06. The van der Waals surface area contributed by atoms with Crippen LogP contribution in [0.5, 0.6) is 0 Å². The van der Waals surface area contributed by atoms with Crippen molar-refractivity contribution in [2.75, 3.05) is 39.4 Å². The van der Waals surface area contributed by atoms with Gasteiger partial charge in [-0.05, 0) is 18.6 Å². The number of likely N-dealkylation sites (tertiary alicyclic amines) is 2. The number of piperidine rings is 1. The van der Waals surface area contributed by atoms with Gasteiger partial charge in [0.25, 0.3) is 5.56 Å². The monoisotopic (exact) mass is 409 g/mol. The first-order valence-electron chi connectivity index (χ1n) is 11.0. The summed E-state index contributed by atoms with van der Waals surface area (Å²) in [6.45, 7) is 5.51. The smallest absolute Gasteiger partial charge is 0.251 e. The zero-order chi connectivity index (χ0) is 20.2. The summed E-state index contributed by atoms with van der Waals surface area (Å²) in [4.78, 5) is 31.1. The Kier molecular flexibility index (Phi) is 4.31. The predicted molar refractivity (Wildman–Crippen MR) is 109 cm³/mol. The van der Waals surface area contributed by atoms with Gasteiger partial charge in [0.05, 0.1) is 13.2 Å². The number of nitrogens with one attached hydrogen (secondary N) is 1. The molecule has 2 bridgehead atoms. The molecule has 3 fully saturated rings. The number of rotatable bonds is 3. The van der Waals surface area contributed by atoms with Gasteiger partial charge >= 0.3 is 0 Å². The van der Waals surface area contributed by atoms with Crippen LogP contribution in [0.4, 0.5) is 0 Å². The number of aromatic nitrogens is 3. The van der Waals surface area contributed by atoms with Crippen molar-refractivity contribution in [3.8, 4) is 0 Å². The average Bonchev–Trinajstić information content (AvgIpc) is 3.46. The molecule has 6 heterocycles. The Hall–Kier alpha value is -2.45. The number of carbonyl (C=O) groups is 1. The van der Waals surface area contributed by atoms with E-state index in [2.05, 4.69) is 15.1 Å². The lowest BCUT2D eigenvalue weighted by Gasteiger charge is -2.47. The molecule has 2 aromatic heterocycles. The van der Waals surface area contributed by atoms with E-state index in [-0.39, 0.29) is 23.3 Å². The number of nitrogens with zero attached hydrogens (tertiary/aromatic N) is 4. The van der Waals surface area contributed by atoms with E-state index >= 15 is 0 Å². The Balaban J connectivity index is 1.33. The summed E-state index contributed by atoms with van der Waals surface area (Å²) in [6, 6.07) is 7.06. The van der Waals surface area contributed by atoms with Gasteiger partial charge in [-0.15, -0.1) is 0 Å². The fraction of sp³-hybridized carbons (Fsp3) is 0.591. The van der Waals surface area contributed by atoms with Gasteiger partial charge in [0.15, 0.2) is 0 Å². The van der Waals surface area contributed by atoms with E-state index < -0.39 is 6.04 Å². The molecule has 4 aliphatic rings. The lowest BCUT2D eigenvalue weighted by molar-refractivity contribution is -0.138. The number of fused-ring (bicyclic) bond motifs is 5. The Bertz CT molecular complexity index is 990. The first-order chi connectivity index (χ1) is 14.7. The van der Waals surface area contributed by atoms with Gasteiger partial charge in [0.2, 0.25) is 5.91 Å². The number of H-pyrrole nitrogens is 1. The molecule has 158 valence electrons. The fourth-order valence-corrected chi connectivity index (χ4v) is 6.14. The molecule has 1 amide bonds. The molecular formula is C22H27N5O3. The predicted octanol–water partition coefficient (Wildman–Crippen LogP) is 0.837. The standard InChI is InChI=1S/C22H27N5O3/c28-20-3-1-2-19-14-6-15(8-25(7-14)11-18-4-5-23-24-18)21(27(19)20)22(29)26-9-16-12-30-13-17(16)10-26/h1-5,14-17,21H,6-13H2,(H,23,24)/t14-,15+,16-,17+,21+/m0/s1. The molecular weight excluding hydrogens is 382 g/mol. The molecule has 2 aromatic rings. The van der Waals surface area contributed by atoms with E-state index in [1.54, 1.807) is 12.3 Å². The van der Waals surface area contributed by atoms with Gasteiger partial charge in [0.1, 0.15) is 6.04 Å². The SMILES string of the molecule is O=C([C@H]1[C@@H]2C[C@@H](CN(Cc3ccn[nH]3)C2)c2cccc(=O)n21)N1C[C@H]2COC[C@H]2C1. The van der Waals surface area contributed by atoms with Crippen LogP contribution in [0.15, 0.2) is 35.3 Å². The zero-order valence-electron chi connectivity index (χ0n) is 16.9. The van der Waals surface area contributed by atoms with Crippen molar-refractivity contribution in [1.82, 2.24) is 24.6 Å². The van der Waals surface area contributed by atoms with Crippen molar-refractivity contribution in [2.45, 2.75) is 24.9 Å². The van der Waals surface area contributed by atoms with Crippen LogP contribution in [0.1, 0.15) is 29.8 Å².